The zero-order valence-corrected chi connectivity index (χ0v) is 5.89. The summed E-state index contributed by atoms with van der Waals surface area (Å²) >= 11 is 0. The smallest absolute Gasteiger partial charge is 0.164 e. The van der Waals surface area contributed by atoms with Gasteiger partial charge in [-0.1, -0.05) is 0 Å². The van der Waals surface area contributed by atoms with E-state index in [2.05, 4.69) is 24.5 Å². The zero-order chi connectivity index (χ0) is 6.85. The van der Waals surface area contributed by atoms with E-state index in [4.69, 9.17) is 5.26 Å². The number of rotatable bonds is 0. The molecule has 0 radical (unpaired) electrons. The zero-order valence-electron chi connectivity index (χ0n) is 5.89. The third kappa shape index (κ3) is 1.10. The number of nitrogens with zero attached hydrogens (tertiary/aromatic N) is 2. The Hall–Kier alpha value is -0.840. The molecular weight excluding hydrogens is 112 g/mol. The molecule has 1 rings (SSSR count). The maximum atomic E-state index is 8.40. The molecule has 0 spiro atoms. The van der Waals surface area contributed by atoms with E-state index in [1.807, 2.05) is 0 Å². The molecule has 1 aliphatic rings. The molecule has 48 valence electrons. The van der Waals surface area contributed by atoms with Crippen LogP contribution in [0.1, 0.15) is 13.8 Å². The Morgan fingerprint density at radius 2 is 2.11 bits per heavy atom. The van der Waals surface area contributed by atoms with E-state index in [9.17, 15) is 0 Å². The monoisotopic (exact) mass is 123 g/mol. The van der Waals surface area contributed by atoms with Crippen molar-refractivity contribution in [1.82, 2.24) is 0 Å². The summed E-state index contributed by atoms with van der Waals surface area (Å²) in [5, 5.41) is 8.40. The molecule has 0 aromatic rings. The lowest BCUT2D eigenvalue weighted by atomic mass is 10.0. The van der Waals surface area contributed by atoms with Gasteiger partial charge in [-0.15, -0.1) is 0 Å². The number of hydrogen-bond acceptors (Lipinski definition) is 1. The van der Waals surface area contributed by atoms with Crippen molar-refractivity contribution in [3.05, 3.63) is 0 Å². The molecule has 0 N–H and O–H groups in total. The van der Waals surface area contributed by atoms with Gasteiger partial charge in [0, 0.05) is 13.8 Å². The third-order valence-electron chi connectivity index (χ3n) is 1.70. The van der Waals surface area contributed by atoms with Crippen molar-refractivity contribution in [2.24, 2.45) is 5.92 Å². The summed E-state index contributed by atoms with van der Waals surface area (Å²) in [7, 11) is 0. The van der Waals surface area contributed by atoms with Crippen LogP contribution in [0, 0.1) is 17.2 Å². The van der Waals surface area contributed by atoms with Crippen molar-refractivity contribution in [3.8, 4) is 6.07 Å². The Balaban J connectivity index is 2.46. The normalized spacial score (nSPS) is 24.6. The minimum absolute atomic E-state index is 0.292. The van der Waals surface area contributed by atoms with Crippen LogP contribution in [0.25, 0.3) is 0 Å². The Bertz CT molecular complexity index is 174. The highest BCUT2D eigenvalue weighted by Crippen LogP contribution is 2.08. The molecule has 1 heterocycles. The summed E-state index contributed by atoms with van der Waals surface area (Å²) in [5.41, 5.74) is 1.32. The summed E-state index contributed by atoms with van der Waals surface area (Å²) in [4.78, 5) is 0. The molecule has 1 fully saturated rings. The van der Waals surface area contributed by atoms with Gasteiger partial charge in [-0.05, 0) is 0 Å². The van der Waals surface area contributed by atoms with Crippen LogP contribution in [0.2, 0.25) is 0 Å². The molecule has 0 aliphatic carbocycles. The van der Waals surface area contributed by atoms with Crippen LogP contribution in [-0.2, 0) is 0 Å². The molecule has 0 amide bonds. The first-order chi connectivity index (χ1) is 4.24. The van der Waals surface area contributed by atoms with Crippen molar-refractivity contribution in [2.45, 2.75) is 13.8 Å². The molecule has 0 unspecified atom stereocenters. The van der Waals surface area contributed by atoms with Gasteiger partial charge in [-0.2, -0.15) is 5.26 Å². The van der Waals surface area contributed by atoms with Gasteiger partial charge in [0.1, 0.15) is 5.71 Å². The summed E-state index contributed by atoms with van der Waals surface area (Å²) in [6.45, 7) is 6.04. The predicted molar refractivity (Wildman–Crippen MR) is 35.5 cm³/mol. The Morgan fingerprint density at radius 1 is 1.56 bits per heavy atom. The summed E-state index contributed by atoms with van der Waals surface area (Å²) in [5.74, 6) is 0.292. The molecule has 1 aliphatic heterocycles. The fourth-order valence-electron chi connectivity index (χ4n) is 0.925. The van der Waals surface area contributed by atoms with Crippen LogP contribution in [0.4, 0.5) is 0 Å². The minimum Gasteiger partial charge on any atom is -0.234 e. The fourth-order valence-corrected chi connectivity index (χ4v) is 0.925. The molecule has 0 atom stereocenters. The van der Waals surface area contributed by atoms with E-state index < -0.39 is 0 Å². The minimum atomic E-state index is 0.292. The molecule has 0 bridgehead atoms. The summed E-state index contributed by atoms with van der Waals surface area (Å²) < 4.78 is 2.22. The lowest BCUT2D eigenvalue weighted by molar-refractivity contribution is -0.598. The van der Waals surface area contributed by atoms with Crippen LogP contribution in [0.5, 0.6) is 0 Å². The van der Waals surface area contributed by atoms with E-state index >= 15 is 0 Å². The topological polar surface area (TPSA) is 26.8 Å². The average Bonchev–Trinajstić information content (AvgIpc) is 1.61. The second-order valence-electron chi connectivity index (χ2n) is 2.68. The quantitative estimate of drug-likeness (QED) is 0.434. The highest BCUT2D eigenvalue weighted by molar-refractivity contribution is 5.74. The van der Waals surface area contributed by atoms with Crippen LogP contribution < -0.4 is 0 Å². The Labute approximate surface area is 55.4 Å². The maximum absolute atomic E-state index is 8.40. The maximum Gasteiger partial charge on any atom is 0.164 e. The van der Waals surface area contributed by atoms with Crippen LogP contribution in [0.3, 0.4) is 0 Å². The van der Waals surface area contributed by atoms with Crippen molar-refractivity contribution in [3.63, 3.8) is 0 Å². The van der Waals surface area contributed by atoms with Crippen LogP contribution >= 0.6 is 0 Å². The van der Waals surface area contributed by atoms with E-state index in [1.165, 1.54) is 5.71 Å². The van der Waals surface area contributed by atoms with Gasteiger partial charge >= 0.3 is 0 Å². The van der Waals surface area contributed by atoms with Gasteiger partial charge in [0.2, 0.25) is 0 Å². The van der Waals surface area contributed by atoms with Gasteiger partial charge in [0.25, 0.3) is 0 Å². The van der Waals surface area contributed by atoms with Crippen LogP contribution in [0.15, 0.2) is 0 Å². The highest BCUT2D eigenvalue weighted by atomic mass is 15.1. The van der Waals surface area contributed by atoms with Gasteiger partial charge in [-0.3, -0.25) is 0 Å². The lowest BCUT2D eigenvalue weighted by Crippen LogP contribution is -2.40. The molecular formula is C7H11N2+. The van der Waals surface area contributed by atoms with Gasteiger partial charge in [0.15, 0.2) is 19.0 Å². The van der Waals surface area contributed by atoms with Gasteiger partial charge in [-0.25, -0.2) is 4.58 Å². The van der Waals surface area contributed by atoms with Gasteiger partial charge in [0.05, 0.1) is 6.07 Å². The van der Waals surface area contributed by atoms with Gasteiger partial charge < -0.3 is 0 Å². The largest absolute Gasteiger partial charge is 0.234 e. The van der Waals surface area contributed by atoms with E-state index in [1.54, 1.807) is 0 Å². The summed E-state index contributed by atoms with van der Waals surface area (Å²) in [6, 6.07) is 2.23. The van der Waals surface area contributed by atoms with Crippen molar-refractivity contribution >= 4 is 5.71 Å². The molecule has 1 saturated heterocycles. The number of nitriles is 1. The van der Waals surface area contributed by atoms with Crippen molar-refractivity contribution in [2.75, 3.05) is 13.1 Å². The molecule has 0 aromatic heterocycles. The summed E-state index contributed by atoms with van der Waals surface area (Å²) in [6.07, 6.45) is 0. The molecule has 0 saturated carbocycles. The van der Waals surface area contributed by atoms with E-state index in [-0.39, 0.29) is 0 Å². The molecule has 9 heavy (non-hydrogen) atoms. The Morgan fingerprint density at radius 3 is 2.44 bits per heavy atom. The second-order valence-corrected chi connectivity index (χ2v) is 2.68. The molecule has 2 nitrogen and oxygen atoms in total. The highest BCUT2D eigenvalue weighted by Gasteiger charge is 2.30. The SMILES string of the molecule is CC(C)=[N+]1CC(C#N)C1. The molecule has 0 aromatic carbocycles. The van der Waals surface area contributed by atoms with E-state index in [0.717, 1.165) is 13.1 Å². The first-order valence-electron chi connectivity index (χ1n) is 3.18. The third-order valence-corrected chi connectivity index (χ3v) is 1.70. The first-order valence-corrected chi connectivity index (χ1v) is 3.18. The Kier molecular flexibility index (Phi) is 1.52. The number of hydrogen-bond donors (Lipinski definition) is 0. The predicted octanol–water partition coefficient (Wildman–Crippen LogP) is 0.633. The van der Waals surface area contributed by atoms with E-state index in [0.29, 0.717) is 5.92 Å². The average molecular weight is 123 g/mol. The second kappa shape index (κ2) is 2.18. The first kappa shape index (κ1) is 6.28. The standard InChI is InChI=1S/C7H11N2/c1-6(2)9-4-7(3-8)5-9/h7H,4-5H2,1-2H3/q+1. The lowest BCUT2D eigenvalue weighted by Gasteiger charge is -2.17. The van der Waals surface area contributed by atoms with Crippen molar-refractivity contribution < 1.29 is 4.58 Å². The molecule has 2 heteroatoms. The van der Waals surface area contributed by atoms with Crippen molar-refractivity contribution in [1.29, 1.82) is 5.26 Å². The van der Waals surface area contributed by atoms with Crippen LogP contribution in [-0.4, -0.2) is 23.4 Å². The fraction of sp³-hybridized carbons (Fsp3) is 0.714.